The molecule has 0 aliphatic carbocycles. The molecule has 3 rings (SSSR count). The predicted molar refractivity (Wildman–Crippen MR) is 118 cm³/mol. The fourth-order valence-corrected chi connectivity index (χ4v) is 3.45. The lowest BCUT2D eigenvalue weighted by atomic mass is 9.95. The van der Waals surface area contributed by atoms with Gasteiger partial charge in [-0.25, -0.2) is 0 Å². The van der Waals surface area contributed by atoms with Crippen LogP contribution in [0.1, 0.15) is 36.2 Å². The first-order valence-electron chi connectivity index (χ1n) is 10.2. The summed E-state index contributed by atoms with van der Waals surface area (Å²) in [5, 5.41) is 9.12. The molecule has 0 radical (unpaired) electrons. The molecular formula is C23H29N3O4. The van der Waals surface area contributed by atoms with Crippen LogP contribution in [0, 0.1) is 5.92 Å². The van der Waals surface area contributed by atoms with Crippen molar-refractivity contribution in [3.63, 3.8) is 0 Å². The first-order valence-corrected chi connectivity index (χ1v) is 10.2. The number of anilines is 2. The minimum Gasteiger partial charge on any atom is -0.493 e. The van der Waals surface area contributed by atoms with Crippen molar-refractivity contribution < 1.29 is 19.1 Å². The zero-order valence-corrected chi connectivity index (χ0v) is 17.9. The number of ether oxygens (including phenoxy) is 2. The highest BCUT2D eigenvalue weighted by molar-refractivity contribution is 6.05. The lowest BCUT2D eigenvalue weighted by Gasteiger charge is -2.30. The van der Waals surface area contributed by atoms with E-state index in [1.165, 1.54) is 0 Å². The fourth-order valence-electron chi connectivity index (χ4n) is 3.45. The van der Waals surface area contributed by atoms with Crippen LogP contribution in [0.2, 0.25) is 0 Å². The number of amides is 2. The minimum atomic E-state index is -0.260. The first kappa shape index (κ1) is 21.5. The molecule has 3 N–H and O–H groups in total. The van der Waals surface area contributed by atoms with Crippen LogP contribution in [0.15, 0.2) is 36.4 Å². The third kappa shape index (κ3) is 4.67. The summed E-state index contributed by atoms with van der Waals surface area (Å²) in [6.45, 7) is 4.58. The number of carbonyl (C=O) groups excluding carboxylic acids is 2. The Morgan fingerprint density at radius 3 is 2.57 bits per heavy atom. The van der Waals surface area contributed by atoms with Gasteiger partial charge in [0.25, 0.3) is 5.91 Å². The van der Waals surface area contributed by atoms with Crippen molar-refractivity contribution in [2.24, 2.45) is 5.92 Å². The van der Waals surface area contributed by atoms with Gasteiger partial charge in [0.15, 0.2) is 11.5 Å². The molecular weight excluding hydrogens is 382 g/mol. The van der Waals surface area contributed by atoms with Crippen LogP contribution in [0.25, 0.3) is 0 Å². The average Bonchev–Trinajstić information content (AvgIpc) is 2.77. The molecule has 0 spiro atoms. The predicted octanol–water partition coefficient (Wildman–Crippen LogP) is 3.46. The van der Waals surface area contributed by atoms with Crippen molar-refractivity contribution >= 4 is 23.2 Å². The van der Waals surface area contributed by atoms with Crippen LogP contribution >= 0.6 is 0 Å². The maximum atomic E-state index is 12.6. The van der Waals surface area contributed by atoms with Crippen molar-refractivity contribution in [3.05, 3.63) is 47.5 Å². The molecule has 30 heavy (non-hydrogen) atoms. The summed E-state index contributed by atoms with van der Waals surface area (Å²) in [5.41, 5.74) is 3.00. The molecule has 2 atom stereocenters. The Kier molecular flexibility index (Phi) is 6.82. The number of fused-ring (bicyclic) bond motifs is 1. The molecule has 0 saturated heterocycles. The second-order valence-electron chi connectivity index (χ2n) is 7.45. The van der Waals surface area contributed by atoms with Crippen LogP contribution < -0.4 is 25.4 Å². The van der Waals surface area contributed by atoms with Crippen LogP contribution in [0.3, 0.4) is 0 Å². The number of carbonyl (C=O) groups is 2. The van der Waals surface area contributed by atoms with E-state index in [0.717, 1.165) is 17.7 Å². The minimum absolute atomic E-state index is 0.0668. The molecule has 0 fully saturated rings. The third-order valence-electron chi connectivity index (χ3n) is 5.49. The molecule has 0 saturated carbocycles. The van der Waals surface area contributed by atoms with Gasteiger partial charge in [0, 0.05) is 12.1 Å². The van der Waals surface area contributed by atoms with Gasteiger partial charge in [-0.05, 0) is 48.2 Å². The number of rotatable bonds is 8. The summed E-state index contributed by atoms with van der Waals surface area (Å²) >= 11 is 0. The Morgan fingerprint density at radius 2 is 1.87 bits per heavy atom. The Morgan fingerprint density at radius 1 is 1.10 bits per heavy atom. The molecule has 7 nitrogen and oxygen atoms in total. The molecule has 2 aromatic carbocycles. The molecule has 2 aromatic rings. The van der Waals surface area contributed by atoms with E-state index in [4.69, 9.17) is 9.47 Å². The summed E-state index contributed by atoms with van der Waals surface area (Å²) in [4.78, 5) is 24.9. The Balaban J connectivity index is 1.61. The highest BCUT2D eigenvalue weighted by atomic mass is 16.5. The van der Waals surface area contributed by atoms with Gasteiger partial charge < -0.3 is 25.4 Å². The molecule has 2 amide bonds. The quantitative estimate of drug-likeness (QED) is 0.619. The molecule has 7 heteroatoms. The van der Waals surface area contributed by atoms with E-state index < -0.39 is 0 Å². The topological polar surface area (TPSA) is 88.7 Å². The summed E-state index contributed by atoms with van der Waals surface area (Å²) in [6, 6.07) is 10.8. The van der Waals surface area contributed by atoms with Crippen molar-refractivity contribution in [2.75, 3.05) is 31.4 Å². The third-order valence-corrected chi connectivity index (χ3v) is 5.49. The molecule has 160 valence electrons. The van der Waals surface area contributed by atoms with Gasteiger partial charge in [0.1, 0.15) is 6.04 Å². The van der Waals surface area contributed by atoms with E-state index in [0.29, 0.717) is 35.7 Å². The highest BCUT2D eigenvalue weighted by Crippen LogP contribution is 2.30. The Bertz CT molecular complexity index is 929. The van der Waals surface area contributed by atoms with Crippen LogP contribution in [0.5, 0.6) is 11.5 Å². The van der Waals surface area contributed by atoms with Crippen molar-refractivity contribution in [1.82, 2.24) is 5.32 Å². The van der Waals surface area contributed by atoms with Crippen molar-refractivity contribution in [3.8, 4) is 11.5 Å². The Hall–Kier alpha value is -3.22. The van der Waals surface area contributed by atoms with Gasteiger partial charge >= 0.3 is 0 Å². The van der Waals surface area contributed by atoms with Gasteiger partial charge in [-0.15, -0.1) is 0 Å². The smallest absolute Gasteiger partial charge is 0.251 e. The lowest BCUT2D eigenvalue weighted by Crippen LogP contribution is -2.43. The molecule has 0 unspecified atom stereocenters. The monoisotopic (exact) mass is 411 g/mol. The normalized spacial score (nSPS) is 16.0. The summed E-state index contributed by atoms with van der Waals surface area (Å²) in [6.07, 6.45) is 1.56. The summed E-state index contributed by atoms with van der Waals surface area (Å²) in [7, 11) is 3.19. The van der Waals surface area contributed by atoms with Crippen molar-refractivity contribution in [1.29, 1.82) is 0 Å². The largest absolute Gasteiger partial charge is 0.493 e. The second kappa shape index (κ2) is 9.52. The lowest BCUT2D eigenvalue weighted by molar-refractivity contribution is -0.118. The van der Waals surface area contributed by atoms with Crippen LogP contribution in [-0.4, -0.2) is 38.6 Å². The van der Waals surface area contributed by atoms with Gasteiger partial charge in [0.2, 0.25) is 5.91 Å². The molecule has 1 aliphatic rings. The fraction of sp³-hybridized carbons (Fsp3) is 0.391. The Labute approximate surface area is 177 Å². The maximum absolute atomic E-state index is 12.6. The number of nitrogens with one attached hydrogen (secondary N) is 3. The standard InChI is InChI=1S/C23H29N3O4/c1-5-14(2)21-23(28)26-18-13-16(7-8-17(18)25-21)22(27)24-11-10-15-6-9-19(29-3)20(12-15)30-4/h6-9,12-14,21,25H,5,10-11H2,1-4H3,(H,24,27)(H,26,28)/t14-,21-/m1/s1. The van der Waals surface area contributed by atoms with E-state index in [1.54, 1.807) is 26.4 Å². The van der Waals surface area contributed by atoms with E-state index in [-0.39, 0.29) is 23.8 Å². The van der Waals surface area contributed by atoms with Crippen molar-refractivity contribution in [2.45, 2.75) is 32.7 Å². The summed E-state index contributed by atoms with van der Waals surface area (Å²) < 4.78 is 10.6. The SMILES string of the molecule is CC[C@@H](C)[C@H]1Nc2ccc(C(=O)NCCc3ccc(OC)c(OC)c3)cc2NC1=O. The maximum Gasteiger partial charge on any atom is 0.251 e. The zero-order chi connectivity index (χ0) is 21.7. The van der Waals surface area contributed by atoms with Gasteiger partial charge in [-0.1, -0.05) is 26.3 Å². The number of hydrogen-bond acceptors (Lipinski definition) is 5. The van der Waals surface area contributed by atoms with Gasteiger partial charge in [-0.3, -0.25) is 9.59 Å². The number of methoxy groups -OCH3 is 2. The zero-order valence-electron chi connectivity index (χ0n) is 17.9. The van der Waals surface area contributed by atoms with Gasteiger partial charge in [0.05, 0.1) is 25.6 Å². The van der Waals surface area contributed by atoms with E-state index >= 15 is 0 Å². The molecule has 0 aromatic heterocycles. The van der Waals surface area contributed by atoms with Crippen LogP contribution in [0.4, 0.5) is 11.4 Å². The van der Waals surface area contributed by atoms with E-state index in [1.807, 2.05) is 31.2 Å². The molecule has 0 bridgehead atoms. The highest BCUT2D eigenvalue weighted by Gasteiger charge is 2.29. The molecule has 1 aliphatic heterocycles. The summed E-state index contributed by atoms with van der Waals surface area (Å²) in [5.74, 6) is 1.30. The first-order chi connectivity index (χ1) is 14.5. The number of benzene rings is 2. The van der Waals surface area contributed by atoms with Gasteiger partial charge in [-0.2, -0.15) is 0 Å². The van der Waals surface area contributed by atoms with E-state index in [2.05, 4.69) is 22.9 Å². The van der Waals surface area contributed by atoms with E-state index in [9.17, 15) is 9.59 Å². The van der Waals surface area contributed by atoms with Crippen LogP contribution in [-0.2, 0) is 11.2 Å². The number of hydrogen-bond donors (Lipinski definition) is 3. The average molecular weight is 412 g/mol. The molecule has 1 heterocycles. The second-order valence-corrected chi connectivity index (χ2v) is 7.45.